The fraction of sp³-hybridized carbons (Fsp3) is 0.429. The van der Waals surface area contributed by atoms with Crippen molar-refractivity contribution >= 4 is 15.7 Å². The van der Waals surface area contributed by atoms with Gasteiger partial charge in [0.2, 0.25) is 10.0 Å². The van der Waals surface area contributed by atoms with Crippen LogP contribution in [0.25, 0.3) is 0 Å². The zero-order valence-corrected chi connectivity index (χ0v) is 12.0. The lowest BCUT2D eigenvalue weighted by molar-refractivity contribution is 0.385. The Morgan fingerprint density at radius 1 is 1.32 bits per heavy atom. The van der Waals surface area contributed by atoms with E-state index in [1.165, 1.54) is 21.8 Å². The Hall–Kier alpha value is -1.49. The van der Waals surface area contributed by atoms with Gasteiger partial charge in [-0.05, 0) is 25.0 Å². The average Bonchev–Trinajstić information content (AvgIpc) is 2.67. The summed E-state index contributed by atoms with van der Waals surface area (Å²) in [6.07, 6.45) is 4.20. The summed E-state index contributed by atoms with van der Waals surface area (Å²) in [7, 11) is -3.15. The van der Waals surface area contributed by atoms with E-state index in [4.69, 9.17) is 0 Å². The van der Waals surface area contributed by atoms with Gasteiger partial charge < -0.3 is 5.32 Å². The summed E-state index contributed by atoms with van der Waals surface area (Å²) in [6.45, 7) is 3.28. The maximum absolute atomic E-state index is 11.7. The maximum atomic E-state index is 11.7. The van der Waals surface area contributed by atoms with E-state index in [1.54, 1.807) is 0 Å². The van der Waals surface area contributed by atoms with Crippen LogP contribution in [0.4, 0.5) is 5.69 Å². The molecule has 1 unspecified atom stereocenters. The van der Waals surface area contributed by atoms with Crippen molar-refractivity contribution in [1.82, 2.24) is 4.31 Å². The summed E-state index contributed by atoms with van der Waals surface area (Å²) in [4.78, 5) is 0. The molecule has 102 valence electrons. The Kier molecular flexibility index (Phi) is 2.64. The predicted molar refractivity (Wildman–Crippen MR) is 76.5 cm³/mol. The van der Waals surface area contributed by atoms with E-state index >= 15 is 0 Å². The average molecular weight is 278 g/mol. The molecule has 3 rings (SSSR count). The third-order valence-electron chi connectivity index (χ3n) is 4.10. The number of hydrogen-bond acceptors (Lipinski definition) is 3. The molecule has 0 amide bonds. The van der Waals surface area contributed by atoms with E-state index in [9.17, 15) is 8.42 Å². The van der Waals surface area contributed by atoms with Crippen molar-refractivity contribution in [2.45, 2.75) is 18.8 Å². The number of allylic oxidation sites excluding steroid dienone is 1. The van der Waals surface area contributed by atoms with Gasteiger partial charge in [0.15, 0.2) is 0 Å². The number of nitrogens with one attached hydrogen (secondary N) is 1. The lowest BCUT2D eigenvalue weighted by atomic mass is 9.77. The quantitative estimate of drug-likeness (QED) is 0.854. The van der Waals surface area contributed by atoms with E-state index in [-0.39, 0.29) is 5.41 Å². The molecule has 2 aliphatic heterocycles. The van der Waals surface area contributed by atoms with Crippen LogP contribution in [0, 0.1) is 0 Å². The summed E-state index contributed by atoms with van der Waals surface area (Å²) in [6, 6.07) is 8.28. The predicted octanol–water partition coefficient (Wildman–Crippen LogP) is 1.92. The van der Waals surface area contributed by atoms with E-state index in [1.807, 2.05) is 19.1 Å². The molecule has 1 atom stereocenters. The Morgan fingerprint density at radius 2 is 2.05 bits per heavy atom. The van der Waals surface area contributed by atoms with Gasteiger partial charge in [0, 0.05) is 29.9 Å². The molecular weight excluding hydrogens is 260 g/mol. The second-order valence-corrected chi connectivity index (χ2v) is 7.33. The minimum absolute atomic E-state index is 0.0537. The third-order valence-corrected chi connectivity index (χ3v) is 5.37. The largest absolute Gasteiger partial charge is 0.384 e. The highest BCUT2D eigenvalue weighted by atomic mass is 32.2. The van der Waals surface area contributed by atoms with Crippen molar-refractivity contribution in [2.24, 2.45) is 0 Å². The fourth-order valence-electron chi connectivity index (χ4n) is 3.22. The maximum Gasteiger partial charge on any atom is 0.231 e. The Bertz CT molecular complexity index is 651. The molecule has 0 radical (unpaired) electrons. The fourth-order valence-corrected chi connectivity index (χ4v) is 4.22. The minimum atomic E-state index is -3.15. The second-order valence-electron chi connectivity index (χ2n) is 5.43. The summed E-state index contributed by atoms with van der Waals surface area (Å²) in [5, 5.41) is 3.42. The van der Waals surface area contributed by atoms with Gasteiger partial charge in [0.1, 0.15) is 0 Å². The monoisotopic (exact) mass is 278 g/mol. The highest BCUT2D eigenvalue weighted by Crippen LogP contribution is 2.43. The Morgan fingerprint density at radius 3 is 2.74 bits per heavy atom. The van der Waals surface area contributed by atoms with E-state index in [0.29, 0.717) is 6.54 Å². The van der Waals surface area contributed by atoms with Gasteiger partial charge in [-0.15, -0.1) is 0 Å². The van der Waals surface area contributed by atoms with Crippen LogP contribution in [0.1, 0.15) is 18.9 Å². The summed E-state index contributed by atoms with van der Waals surface area (Å²) in [5.74, 6) is 0. The van der Waals surface area contributed by atoms with Crippen LogP contribution in [0.3, 0.4) is 0 Å². The lowest BCUT2D eigenvalue weighted by Crippen LogP contribution is -2.41. The van der Waals surface area contributed by atoms with Crippen molar-refractivity contribution in [3.63, 3.8) is 0 Å². The molecule has 1 spiro atoms. The van der Waals surface area contributed by atoms with Crippen LogP contribution in [-0.4, -0.2) is 32.1 Å². The number of nitrogens with zero attached hydrogens (tertiary/aromatic N) is 1. The van der Waals surface area contributed by atoms with Gasteiger partial charge in [-0.25, -0.2) is 8.42 Å². The molecule has 0 fully saturated rings. The van der Waals surface area contributed by atoms with Crippen LogP contribution >= 0.6 is 0 Å². The number of fused-ring (bicyclic) bond motifs is 2. The van der Waals surface area contributed by atoms with Crippen LogP contribution < -0.4 is 5.32 Å². The zero-order chi connectivity index (χ0) is 13.7. The number of para-hydroxylation sites is 1. The smallest absolute Gasteiger partial charge is 0.231 e. The van der Waals surface area contributed by atoms with Gasteiger partial charge in [-0.3, -0.25) is 4.31 Å². The highest BCUT2D eigenvalue weighted by Gasteiger charge is 2.41. The summed E-state index contributed by atoms with van der Waals surface area (Å²) >= 11 is 0. The molecule has 0 saturated heterocycles. The van der Waals surface area contributed by atoms with Gasteiger partial charge >= 0.3 is 0 Å². The molecule has 1 aromatic carbocycles. The minimum Gasteiger partial charge on any atom is -0.384 e. The normalized spacial score (nSPS) is 26.0. The number of hydrogen-bond donors (Lipinski definition) is 1. The molecule has 1 aromatic rings. The number of anilines is 1. The van der Waals surface area contributed by atoms with Crippen molar-refractivity contribution in [3.05, 3.63) is 41.6 Å². The molecule has 19 heavy (non-hydrogen) atoms. The lowest BCUT2D eigenvalue weighted by Gasteiger charge is -2.36. The van der Waals surface area contributed by atoms with Gasteiger partial charge in [0.05, 0.1) is 6.26 Å². The number of rotatable bonds is 1. The van der Waals surface area contributed by atoms with Crippen molar-refractivity contribution in [1.29, 1.82) is 0 Å². The van der Waals surface area contributed by atoms with Crippen LogP contribution in [0.2, 0.25) is 0 Å². The first-order valence-corrected chi connectivity index (χ1v) is 8.28. The molecular formula is C14H18N2O2S. The van der Waals surface area contributed by atoms with Crippen LogP contribution in [0.5, 0.6) is 0 Å². The van der Waals surface area contributed by atoms with E-state index in [2.05, 4.69) is 23.5 Å². The first kappa shape index (κ1) is 12.5. The molecule has 1 N–H and O–H groups in total. The molecule has 0 saturated carbocycles. The molecule has 2 heterocycles. The Labute approximate surface area is 114 Å². The van der Waals surface area contributed by atoms with Crippen molar-refractivity contribution in [3.8, 4) is 0 Å². The molecule has 2 aliphatic rings. The van der Waals surface area contributed by atoms with Crippen molar-refractivity contribution < 1.29 is 8.42 Å². The molecule has 5 heteroatoms. The Balaban J connectivity index is 2.05. The SMILES string of the molecule is CC1=CC2(CCN1S(C)(=O)=O)CNc1ccccc12. The second kappa shape index (κ2) is 4.00. The van der Waals surface area contributed by atoms with Gasteiger partial charge in [-0.2, -0.15) is 0 Å². The molecule has 0 bridgehead atoms. The van der Waals surface area contributed by atoms with Crippen LogP contribution in [0.15, 0.2) is 36.0 Å². The van der Waals surface area contributed by atoms with Crippen LogP contribution in [-0.2, 0) is 15.4 Å². The third kappa shape index (κ3) is 1.92. The summed E-state index contributed by atoms with van der Waals surface area (Å²) in [5.41, 5.74) is 3.22. The molecule has 0 aliphatic carbocycles. The molecule has 4 nitrogen and oxygen atoms in total. The van der Waals surface area contributed by atoms with Gasteiger partial charge in [0.25, 0.3) is 0 Å². The zero-order valence-electron chi connectivity index (χ0n) is 11.2. The van der Waals surface area contributed by atoms with E-state index < -0.39 is 10.0 Å². The highest BCUT2D eigenvalue weighted by molar-refractivity contribution is 7.88. The topological polar surface area (TPSA) is 49.4 Å². The summed E-state index contributed by atoms with van der Waals surface area (Å²) < 4.78 is 24.9. The number of benzene rings is 1. The number of sulfonamides is 1. The van der Waals surface area contributed by atoms with Gasteiger partial charge in [-0.1, -0.05) is 24.3 Å². The van der Waals surface area contributed by atoms with E-state index in [0.717, 1.165) is 18.7 Å². The first-order valence-electron chi connectivity index (χ1n) is 6.43. The molecule has 0 aromatic heterocycles. The van der Waals surface area contributed by atoms with Crippen molar-refractivity contribution in [2.75, 3.05) is 24.7 Å². The standard InChI is InChI=1S/C14H18N2O2S/c1-11-9-14(7-8-16(11)19(2,17)18)10-15-13-6-4-3-5-12(13)14/h3-6,9,15H,7-8,10H2,1-2H3. The first-order chi connectivity index (χ1) is 8.92.